The van der Waals surface area contributed by atoms with Gasteiger partial charge in [0.05, 0.1) is 11.5 Å². The molecule has 0 aliphatic heterocycles. The van der Waals surface area contributed by atoms with Gasteiger partial charge in [-0.25, -0.2) is 13.8 Å². The van der Waals surface area contributed by atoms with E-state index in [1.165, 1.54) is 11.0 Å². The third-order valence-corrected chi connectivity index (χ3v) is 2.34. The Balaban J connectivity index is 2.28. The summed E-state index contributed by atoms with van der Waals surface area (Å²) in [7, 11) is 1.64. The summed E-state index contributed by atoms with van der Waals surface area (Å²) >= 11 is 0. The second-order valence-electron chi connectivity index (χ2n) is 3.70. The summed E-state index contributed by atoms with van der Waals surface area (Å²) in [6, 6.07) is 1.60. The van der Waals surface area contributed by atoms with Crippen LogP contribution in [-0.2, 0) is 13.6 Å². The van der Waals surface area contributed by atoms with Gasteiger partial charge in [-0.15, -0.1) is 0 Å². The van der Waals surface area contributed by atoms with E-state index < -0.39 is 27.9 Å². The number of aromatic nitrogens is 3. The number of benzene rings is 1. The van der Waals surface area contributed by atoms with Gasteiger partial charge in [-0.3, -0.25) is 14.8 Å². The zero-order valence-electron chi connectivity index (χ0n) is 9.80. The molecule has 0 spiro atoms. The van der Waals surface area contributed by atoms with Crippen LogP contribution in [0.5, 0.6) is 0 Å². The van der Waals surface area contributed by atoms with E-state index in [1.807, 2.05) is 0 Å². The predicted molar refractivity (Wildman–Crippen MR) is 61.3 cm³/mol. The highest BCUT2D eigenvalue weighted by atomic mass is 19.2. The van der Waals surface area contributed by atoms with Crippen molar-refractivity contribution in [3.63, 3.8) is 0 Å². The molecule has 100 valence electrons. The van der Waals surface area contributed by atoms with E-state index in [2.05, 4.69) is 15.4 Å². The average Bonchev–Trinajstić information content (AvgIpc) is 2.76. The summed E-state index contributed by atoms with van der Waals surface area (Å²) in [4.78, 5) is 13.8. The normalized spacial score (nSPS) is 10.5. The van der Waals surface area contributed by atoms with Crippen molar-refractivity contribution in [3.8, 4) is 0 Å². The fourth-order valence-corrected chi connectivity index (χ4v) is 1.49. The van der Waals surface area contributed by atoms with Crippen LogP contribution in [-0.4, -0.2) is 19.7 Å². The molecule has 9 heteroatoms. The molecule has 0 amide bonds. The zero-order valence-corrected chi connectivity index (χ0v) is 9.80. The van der Waals surface area contributed by atoms with Gasteiger partial charge in [0, 0.05) is 13.1 Å². The van der Waals surface area contributed by atoms with Gasteiger partial charge in [0.25, 0.3) is 5.69 Å². The van der Waals surface area contributed by atoms with Crippen LogP contribution in [0.2, 0.25) is 0 Å². The van der Waals surface area contributed by atoms with E-state index >= 15 is 0 Å². The van der Waals surface area contributed by atoms with Gasteiger partial charge in [0.1, 0.15) is 6.33 Å². The Morgan fingerprint density at radius 1 is 1.47 bits per heavy atom. The molecule has 0 saturated carbocycles. The van der Waals surface area contributed by atoms with Crippen molar-refractivity contribution >= 4 is 11.4 Å². The Bertz CT molecular complexity index is 628. The summed E-state index contributed by atoms with van der Waals surface area (Å²) in [6.45, 7) is -0.0535. The molecular weight excluding hydrogens is 260 g/mol. The third-order valence-electron chi connectivity index (χ3n) is 2.34. The highest BCUT2D eigenvalue weighted by Crippen LogP contribution is 2.29. The van der Waals surface area contributed by atoms with E-state index in [1.54, 1.807) is 7.05 Å². The Labute approximate surface area is 106 Å². The van der Waals surface area contributed by atoms with Crippen molar-refractivity contribution in [2.75, 3.05) is 5.32 Å². The minimum Gasteiger partial charge on any atom is -0.370 e. The van der Waals surface area contributed by atoms with Gasteiger partial charge in [-0.1, -0.05) is 0 Å². The molecule has 2 rings (SSSR count). The summed E-state index contributed by atoms with van der Waals surface area (Å²) < 4.78 is 28.0. The molecule has 0 aliphatic rings. The maximum Gasteiger partial charge on any atom is 0.295 e. The maximum absolute atomic E-state index is 13.5. The molecule has 1 heterocycles. The molecule has 2 aromatic rings. The minimum absolute atomic E-state index is 0.0535. The highest BCUT2D eigenvalue weighted by Gasteiger charge is 2.21. The van der Waals surface area contributed by atoms with Crippen molar-refractivity contribution < 1.29 is 13.7 Å². The van der Waals surface area contributed by atoms with Gasteiger partial charge in [-0.05, 0) is 6.07 Å². The molecule has 19 heavy (non-hydrogen) atoms. The number of aryl methyl sites for hydroxylation is 1. The van der Waals surface area contributed by atoms with Crippen LogP contribution in [0, 0.1) is 21.7 Å². The maximum atomic E-state index is 13.5. The summed E-state index contributed by atoms with van der Waals surface area (Å²) in [5, 5.41) is 17.1. The fourth-order valence-electron chi connectivity index (χ4n) is 1.49. The van der Waals surface area contributed by atoms with Crippen molar-refractivity contribution in [1.82, 2.24) is 14.8 Å². The molecule has 0 fully saturated rings. The molecular formula is C10H9F2N5O2. The zero-order chi connectivity index (χ0) is 14.0. The van der Waals surface area contributed by atoms with Crippen LogP contribution in [0.1, 0.15) is 5.82 Å². The molecule has 0 radical (unpaired) electrons. The number of nitro groups is 1. The summed E-state index contributed by atoms with van der Waals surface area (Å²) in [6.07, 6.45) is 1.42. The molecule has 0 saturated heterocycles. The lowest BCUT2D eigenvalue weighted by atomic mass is 10.2. The van der Waals surface area contributed by atoms with Gasteiger partial charge >= 0.3 is 0 Å². The largest absolute Gasteiger partial charge is 0.370 e. The second-order valence-corrected chi connectivity index (χ2v) is 3.70. The molecule has 1 aromatic carbocycles. The van der Waals surface area contributed by atoms with Crippen molar-refractivity contribution in [3.05, 3.63) is 46.0 Å². The standard InChI is InChI=1S/C10H9F2N5O2/c1-16-5-14-8(15-16)4-13-10-7(17(18)19)3-2-6(11)9(10)12/h2-3,5,13H,4H2,1H3. The fraction of sp³-hybridized carbons (Fsp3) is 0.200. The van der Waals surface area contributed by atoms with Gasteiger partial charge in [0.15, 0.2) is 23.1 Å². The molecule has 0 aliphatic carbocycles. The molecule has 0 atom stereocenters. The van der Waals surface area contributed by atoms with Crippen LogP contribution in [0.3, 0.4) is 0 Å². The first kappa shape index (κ1) is 12.9. The minimum atomic E-state index is -1.30. The Kier molecular flexibility index (Phi) is 3.36. The lowest BCUT2D eigenvalue weighted by Gasteiger charge is -2.06. The number of anilines is 1. The average molecular weight is 269 g/mol. The Morgan fingerprint density at radius 2 is 2.21 bits per heavy atom. The summed E-state index contributed by atoms with van der Waals surface area (Å²) in [5.74, 6) is -2.16. The first-order chi connectivity index (χ1) is 8.99. The topological polar surface area (TPSA) is 85.9 Å². The van der Waals surface area contributed by atoms with Gasteiger partial charge in [-0.2, -0.15) is 5.10 Å². The Morgan fingerprint density at radius 3 is 2.79 bits per heavy atom. The quantitative estimate of drug-likeness (QED) is 0.673. The monoisotopic (exact) mass is 269 g/mol. The number of nitrogens with zero attached hydrogens (tertiary/aromatic N) is 4. The van der Waals surface area contributed by atoms with E-state index in [0.29, 0.717) is 11.9 Å². The Hall–Kier alpha value is -2.58. The van der Waals surface area contributed by atoms with E-state index in [0.717, 1.165) is 6.07 Å². The van der Waals surface area contributed by atoms with Crippen LogP contribution < -0.4 is 5.32 Å². The van der Waals surface area contributed by atoms with Crippen LogP contribution in [0.15, 0.2) is 18.5 Å². The highest BCUT2D eigenvalue weighted by molar-refractivity contribution is 5.62. The van der Waals surface area contributed by atoms with Gasteiger partial charge < -0.3 is 5.32 Å². The number of hydrogen-bond donors (Lipinski definition) is 1. The number of rotatable bonds is 4. The molecule has 0 unspecified atom stereocenters. The molecule has 1 N–H and O–H groups in total. The second kappa shape index (κ2) is 4.96. The number of nitrogens with one attached hydrogen (secondary N) is 1. The van der Waals surface area contributed by atoms with Crippen LogP contribution >= 0.6 is 0 Å². The van der Waals surface area contributed by atoms with Crippen molar-refractivity contribution in [2.24, 2.45) is 7.05 Å². The van der Waals surface area contributed by atoms with Crippen LogP contribution in [0.25, 0.3) is 0 Å². The predicted octanol–water partition coefficient (Wildman–Crippen LogP) is 1.61. The smallest absolute Gasteiger partial charge is 0.295 e. The van der Waals surface area contributed by atoms with E-state index in [9.17, 15) is 18.9 Å². The number of halogens is 2. The van der Waals surface area contributed by atoms with Gasteiger partial charge in [0.2, 0.25) is 0 Å². The van der Waals surface area contributed by atoms with Crippen molar-refractivity contribution in [1.29, 1.82) is 0 Å². The first-order valence-corrected chi connectivity index (χ1v) is 5.20. The first-order valence-electron chi connectivity index (χ1n) is 5.20. The van der Waals surface area contributed by atoms with E-state index in [4.69, 9.17) is 0 Å². The number of nitro benzene ring substituents is 1. The lowest BCUT2D eigenvalue weighted by Crippen LogP contribution is -2.07. The lowest BCUT2D eigenvalue weighted by molar-refractivity contribution is -0.384. The summed E-state index contributed by atoms with van der Waals surface area (Å²) in [5.41, 5.74) is -1.06. The number of hydrogen-bond acceptors (Lipinski definition) is 5. The SMILES string of the molecule is Cn1cnc(CNc2c([N+](=O)[O-])ccc(F)c2F)n1. The molecule has 1 aromatic heterocycles. The van der Waals surface area contributed by atoms with Crippen molar-refractivity contribution in [2.45, 2.75) is 6.54 Å². The third kappa shape index (κ3) is 2.64. The molecule has 0 bridgehead atoms. The van der Waals surface area contributed by atoms with E-state index in [-0.39, 0.29) is 6.54 Å². The molecule has 7 nitrogen and oxygen atoms in total. The van der Waals surface area contributed by atoms with Crippen LogP contribution in [0.4, 0.5) is 20.2 Å².